The Bertz CT molecular complexity index is 1380. The molecule has 4 rings (SSSR count). The van der Waals surface area contributed by atoms with Crippen molar-refractivity contribution in [3.63, 3.8) is 0 Å². The fourth-order valence-corrected chi connectivity index (χ4v) is 3.90. The second-order valence-electron chi connectivity index (χ2n) is 6.80. The number of nitrogens with zero attached hydrogens (tertiary/aromatic N) is 3. The Morgan fingerprint density at radius 3 is 2.37 bits per heavy atom. The van der Waals surface area contributed by atoms with Crippen LogP contribution in [0.25, 0.3) is 22.0 Å². The molecule has 0 saturated heterocycles. The smallest absolute Gasteiger partial charge is 0.295 e. The van der Waals surface area contributed by atoms with Crippen molar-refractivity contribution in [2.75, 3.05) is 5.73 Å². The van der Waals surface area contributed by atoms with Crippen molar-refractivity contribution >= 4 is 38.0 Å². The van der Waals surface area contributed by atoms with Crippen LogP contribution in [0.1, 0.15) is 5.56 Å². The van der Waals surface area contributed by atoms with Gasteiger partial charge in [0.1, 0.15) is 16.3 Å². The Labute approximate surface area is 173 Å². The van der Waals surface area contributed by atoms with Gasteiger partial charge in [0.25, 0.3) is 10.1 Å². The first-order chi connectivity index (χ1) is 14.3. The number of aromatic nitrogens is 1. The summed E-state index contributed by atoms with van der Waals surface area (Å²) >= 11 is 0. The van der Waals surface area contributed by atoms with E-state index < -0.39 is 10.1 Å². The zero-order chi connectivity index (χ0) is 21.3. The standard InChI is InChI=1S/C22H18N4O3S/c1-14-5-4-6-15(11-14)19-10-9-16(13-24-19)25-26-20-12-21(30(27,28)29)17-7-2-3-8-18(17)22(20)23/h2-13H,23H2,1H3,(H,27,28,29). The molecule has 0 aliphatic rings. The molecule has 0 spiro atoms. The highest BCUT2D eigenvalue weighted by molar-refractivity contribution is 7.86. The molecular formula is C22H18N4O3S. The van der Waals surface area contributed by atoms with Gasteiger partial charge in [0.15, 0.2) is 0 Å². The third-order valence-electron chi connectivity index (χ3n) is 4.64. The molecular weight excluding hydrogens is 400 g/mol. The Morgan fingerprint density at radius 1 is 0.933 bits per heavy atom. The lowest BCUT2D eigenvalue weighted by atomic mass is 10.1. The molecule has 0 radical (unpaired) electrons. The number of pyridine rings is 1. The van der Waals surface area contributed by atoms with Crippen LogP contribution >= 0.6 is 0 Å². The molecule has 0 aliphatic heterocycles. The number of rotatable bonds is 4. The molecule has 1 heterocycles. The molecule has 0 saturated carbocycles. The van der Waals surface area contributed by atoms with Crippen molar-refractivity contribution in [1.29, 1.82) is 0 Å². The van der Waals surface area contributed by atoms with Gasteiger partial charge in [0.05, 0.1) is 17.6 Å². The molecule has 1 aromatic heterocycles. The summed E-state index contributed by atoms with van der Waals surface area (Å²) in [4.78, 5) is 4.14. The predicted molar refractivity (Wildman–Crippen MR) is 117 cm³/mol. The molecule has 3 N–H and O–H groups in total. The third kappa shape index (κ3) is 3.91. The van der Waals surface area contributed by atoms with Crippen LogP contribution in [0.2, 0.25) is 0 Å². The highest BCUT2D eigenvalue weighted by Crippen LogP contribution is 2.36. The van der Waals surface area contributed by atoms with Crippen molar-refractivity contribution in [3.8, 4) is 11.3 Å². The van der Waals surface area contributed by atoms with E-state index in [1.54, 1.807) is 36.5 Å². The van der Waals surface area contributed by atoms with Crippen molar-refractivity contribution in [2.45, 2.75) is 11.8 Å². The summed E-state index contributed by atoms with van der Waals surface area (Å²) in [6, 6.07) is 19.4. The van der Waals surface area contributed by atoms with Crippen LogP contribution in [-0.2, 0) is 10.1 Å². The topological polar surface area (TPSA) is 118 Å². The van der Waals surface area contributed by atoms with E-state index in [9.17, 15) is 13.0 Å². The number of anilines is 1. The third-order valence-corrected chi connectivity index (χ3v) is 5.53. The van der Waals surface area contributed by atoms with Gasteiger partial charge < -0.3 is 5.73 Å². The van der Waals surface area contributed by atoms with E-state index in [0.717, 1.165) is 16.8 Å². The van der Waals surface area contributed by atoms with Crippen molar-refractivity contribution in [2.24, 2.45) is 10.2 Å². The average molecular weight is 418 g/mol. The highest BCUT2D eigenvalue weighted by atomic mass is 32.2. The summed E-state index contributed by atoms with van der Waals surface area (Å²) < 4.78 is 33.2. The summed E-state index contributed by atoms with van der Waals surface area (Å²) in [5.41, 5.74) is 9.99. The van der Waals surface area contributed by atoms with Gasteiger partial charge in [-0.05, 0) is 31.2 Å². The largest absolute Gasteiger partial charge is 0.396 e. The second kappa shape index (κ2) is 7.66. The fourth-order valence-electron chi connectivity index (χ4n) is 3.18. The van der Waals surface area contributed by atoms with Gasteiger partial charge in [0.2, 0.25) is 0 Å². The number of hydrogen-bond donors (Lipinski definition) is 2. The Kier molecular flexibility index (Phi) is 5.03. The molecule has 0 bridgehead atoms. The minimum atomic E-state index is -4.46. The Hall–Kier alpha value is -3.62. The number of benzene rings is 3. The minimum Gasteiger partial charge on any atom is -0.396 e. The maximum atomic E-state index is 11.8. The highest BCUT2D eigenvalue weighted by Gasteiger charge is 2.18. The van der Waals surface area contributed by atoms with Crippen LogP contribution in [0, 0.1) is 6.92 Å². The zero-order valence-electron chi connectivity index (χ0n) is 16.0. The number of fused-ring (bicyclic) bond motifs is 1. The van der Waals surface area contributed by atoms with Crippen LogP contribution in [-0.4, -0.2) is 18.0 Å². The molecule has 0 fully saturated rings. The molecule has 30 heavy (non-hydrogen) atoms. The lowest BCUT2D eigenvalue weighted by Gasteiger charge is -2.09. The first-order valence-corrected chi connectivity index (χ1v) is 10.5. The van der Waals surface area contributed by atoms with E-state index in [0.29, 0.717) is 16.5 Å². The first-order valence-electron chi connectivity index (χ1n) is 9.06. The maximum absolute atomic E-state index is 11.8. The van der Waals surface area contributed by atoms with E-state index in [1.165, 1.54) is 6.07 Å². The molecule has 150 valence electrons. The summed E-state index contributed by atoms with van der Waals surface area (Å²) in [5, 5.41) is 9.01. The molecule has 3 aromatic carbocycles. The molecule has 0 aliphatic carbocycles. The van der Waals surface area contributed by atoms with Crippen molar-refractivity contribution < 1.29 is 13.0 Å². The minimum absolute atomic E-state index is 0.143. The van der Waals surface area contributed by atoms with Gasteiger partial charge >= 0.3 is 0 Å². The molecule has 0 unspecified atom stereocenters. The van der Waals surface area contributed by atoms with Crippen molar-refractivity contribution in [1.82, 2.24) is 4.98 Å². The predicted octanol–water partition coefficient (Wildman–Crippen LogP) is 5.45. The van der Waals surface area contributed by atoms with E-state index in [-0.39, 0.29) is 16.3 Å². The molecule has 8 heteroatoms. The van der Waals surface area contributed by atoms with Crippen LogP contribution in [0.15, 0.2) is 88.1 Å². The number of aryl methyl sites for hydroxylation is 1. The first kappa shape index (κ1) is 19.7. The lowest BCUT2D eigenvalue weighted by Crippen LogP contribution is -2.01. The van der Waals surface area contributed by atoms with Gasteiger partial charge in [-0.3, -0.25) is 9.54 Å². The SMILES string of the molecule is Cc1cccc(-c2ccc(N=Nc3cc(S(=O)(=O)O)c4ccccc4c3N)cn2)c1. The van der Waals surface area contributed by atoms with E-state index in [4.69, 9.17) is 5.73 Å². The van der Waals surface area contributed by atoms with E-state index >= 15 is 0 Å². The van der Waals surface area contributed by atoms with Crippen LogP contribution < -0.4 is 5.73 Å². The Balaban J connectivity index is 1.71. The van der Waals surface area contributed by atoms with E-state index in [2.05, 4.69) is 15.2 Å². The van der Waals surface area contributed by atoms with E-state index in [1.807, 2.05) is 37.3 Å². The molecule has 4 aromatic rings. The molecule has 7 nitrogen and oxygen atoms in total. The number of nitrogen functional groups attached to an aromatic ring is 1. The monoisotopic (exact) mass is 418 g/mol. The average Bonchev–Trinajstić information content (AvgIpc) is 2.73. The number of nitrogens with two attached hydrogens (primary N) is 1. The van der Waals surface area contributed by atoms with Crippen LogP contribution in [0.3, 0.4) is 0 Å². The number of azo groups is 1. The van der Waals surface area contributed by atoms with Crippen molar-refractivity contribution in [3.05, 3.63) is 78.5 Å². The normalized spacial score (nSPS) is 11.9. The van der Waals surface area contributed by atoms with Gasteiger partial charge in [-0.1, -0.05) is 48.0 Å². The molecule has 0 amide bonds. The van der Waals surface area contributed by atoms with Gasteiger partial charge in [-0.15, -0.1) is 10.2 Å². The molecule has 0 atom stereocenters. The quantitative estimate of drug-likeness (QED) is 0.259. The number of hydrogen-bond acceptors (Lipinski definition) is 6. The van der Waals surface area contributed by atoms with Crippen LogP contribution in [0.4, 0.5) is 17.1 Å². The maximum Gasteiger partial charge on any atom is 0.295 e. The van der Waals surface area contributed by atoms with Crippen LogP contribution in [0.5, 0.6) is 0 Å². The van der Waals surface area contributed by atoms with Gasteiger partial charge in [0, 0.05) is 16.3 Å². The summed E-state index contributed by atoms with van der Waals surface area (Å²) in [6.07, 6.45) is 1.57. The Morgan fingerprint density at radius 2 is 1.70 bits per heavy atom. The summed E-state index contributed by atoms with van der Waals surface area (Å²) in [5.74, 6) is 0. The lowest BCUT2D eigenvalue weighted by molar-refractivity contribution is 0.484. The summed E-state index contributed by atoms with van der Waals surface area (Å²) in [7, 11) is -4.46. The second-order valence-corrected chi connectivity index (χ2v) is 8.19. The van der Waals surface area contributed by atoms with Gasteiger partial charge in [-0.25, -0.2) is 0 Å². The summed E-state index contributed by atoms with van der Waals surface area (Å²) in [6.45, 7) is 2.01. The fraction of sp³-hybridized carbons (Fsp3) is 0.0455. The van der Waals surface area contributed by atoms with Gasteiger partial charge in [-0.2, -0.15) is 8.42 Å². The zero-order valence-corrected chi connectivity index (χ0v) is 16.8.